The predicted octanol–water partition coefficient (Wildman–Crippen LogP) is 4.42. The van der Waals surface area contributed by atoms with E-state index < -0.39 is 0 Å². The summed E-state index contributed by atoms with van der Waals surface area (Å²) in [5.41, 5.74) is 2.66. The van der Waals surface area contributed by atoms with Crippen LogP contribution in [0, 0.1) is 0 Å². The molecule has 2 aromatic carbocycles. The zero-order valence-electron chi connectivity index (χ0n) is 14.4. The Morgan fingerprint density at radius 1 is 1.04 bits per heavy atom. The number of halogens is 1. The number of carbonyl (C=O) groups is 1. The van der Waals surface area contributed by atoms with Gasteiger partial charge in [0.1, 0.15) is 0 Å². The third kappa shape index (κ3) is 6.23. The molecule has 4 nitrogen and oxygen atoms in total. The van der Waals surface area contributed by atoms with Crippen molar-refractivity contribution in [1.29, 1.82) is 0 Å². The Hall–Kier alpha value is -1.76. The Labute approximate surface area is 162 Å². The number of carbonyl (C=O) groups excluding carboxylic acids is 1. The van der Waals surface area contributed by atoms with Gasteiger partial charge >= 0.3 is 0 Å². The monoisotopic (exact) mass is 419 g/mol. The summed E-state index contributed by atoms with van der Waals surface area (Å²) in [6, 6.07) is 15.2. The number of rotatable bonds is 6. The van der Waals surface area contributed by atoms with Crippen molar-refractivity contribution in [2.45, 2.75) is 20.4 Å². The van der Waals surface area contributed by atoms with Crippen molar-refractivity contribution in [3.63, 3.8) is 0 Å². The maximum atomic E-state index is 12.1. The van der Waals surface area contributed by atoms with E-state index in [4.69, 9.17) is 12.2 Å². The SMILES string of the molecule is CCN(CC)Cc1ccc(NC(=S)NC(=O)c2ccc(Br)cc2)cc1. The highest BCUT2D eigenvalue weighted by Crippen LogP contribution is 2.12. The van der Waals surface area contributed by atoms with Gasteiger partial charge in [0.05, 0.1) is 0 Å². The summed E-state index contributed by atoms with van der Waals surface area (Å²) < 4.78 is 0.926. The van der Waals surface area contributed by atoms with Crippen molar-refractivity contribution in [2.75, 3.05) is 18.4 Å². The lowest BCUT2D eigenvalue weighted by Crippen LogP contribution is -2.34. The van der Waals surface area contributed by atoms with Gasteiger partial charge in [-0.1, -0.05) is 41.9 Å². The fourth-order valence-electron chi connectivity index (χ4n) is 2.34. The minimum Gasteiger partial charge on any atom is -0.332 e. The van der Waals surface area contributed by atoms with E-state index in [1.54, 1.807) is 12.1 Å². The largest absolute Gasteiger partial charge is 0.332 e. The van der Waals surface area contributed by atoms with Crippen molar-refractivity contribution in [2.24, 2.45) is 0 Å². The molecule has 132 valence electrons. The normalized spacial score (nSPS) is 10.6. The van der Waals surface area contributed by atoms with Gasteiger partial charge in [-0.05, 0) is 67.3 Å². The van der Waals surface area contributed by atoms with Gasteiger partial charge < -0.3 is 5.32 Å². The van der Waals surface area contributed by atoms with Crippen LogP contribution in [0.5, 0.6) is 0 Å². The maximum Gasteiger partial charge on any atom is 0.257 e. The van der Waals surface area contributed by atoms with Gasteiger partial charge in [0.2, 0.25) is 0 Å². The van der Waals surface area contributed by atoms with Crippen LogP contribution in [0.15, 0.2) is 53.0 Å². The molecule has 6 heteroatoms. The van der Waals surface area contributed by atoms with Crippen molar-refractivity contribution >= 4 is 44.9 Å². The Kier molecular flexibility index (Phi) is 7.55. The fourth-order valence-corrected chi connectivity index (χ4v) is 2.81. The molecule has 0 atom stereocenters. The molecule has 0 fully saturated rings. The lowest BCUT2D eigenvalue weighted by molar-refractivity contribution is 0.0977. The Morgan fingerprint density at radius 3 is 2.20 bits per heavy atom. The summed E-state index contributed by atoms with van der Waals surface area (Å²) in [5, 5.41) is 6.01. The molecule has 0 aliphatic carbocycles. The molecule has 0 aliphatic rings. The first-order chi connectivity index (χ1) is 12.0. The van der Waals surface area contributed by atoms with Crippen LogP contribution in [-0.2, 0) is 6.54 Å². The summed E-state index contributed by atoms with van der Waals surface area (Å²) in [6.07, 6.45) is 0. The molecule has 0 aliphatic heterocycles. The van der Waals surface area contributed by atoms with E-state index >= 15 is 0 Å². The average Bonchev–Trinajstić information content (AvgIpc) is 2.61. The van der Waals surface area contributed by atoms with Crippen molar-refractivity contribution in [3.8, 4) is 0 Å². The topological polar surface area (TPSA) is 44.4 Å². The molecule has 25 heavy (non-hydrogen) atoms. The molecule has 2 aromatic rings. The number of nitrogens with zero attached hydrogens (tertiary/aromatic N) is 1. The average molecular weight is 420 g/mol. The minimum atomic E-state index is -0.233. The maximum absolute atomic E-state index is 12.1. The molecule has 0 heterocycles. The van der Waals surface area contributed by atoms with E-state index in [9.17, 15) is 4.79 Å². The summed E-state index contributed by atoms with van der Waals surface area (Å²) in [5.74, 6) is -0.233. The van der Waals surface area contributed by atoms with Crippen molar-refractivity contribution in [1.82, 2.24) is 10.2 Å². The van der Waals surface area contributed by atoms with Crippen LogP contribution in [0.1, 0.15) is 29.8 Å². The number of thiocarbonyl (C=S) groups is 1. The van der Waals surface area contributed by atoms with Crippen LogP contribution in [0.3, 0.4) is 0 Å². The third-order valence-corrected chi connectivity index (χ3v) is 4.58. The highest BCUT2D eigenvalue weighted by atomic mass is 79.9. The minimum absolute atomic E-state index is 0.233. The van der Waals surface area contributed by atoms with Gasteiger partial charge in [-0.25, -0.2) is 0 Å². The van der Waals surface area contributed by atoms with E-state index in [1.807, 2.05) is 24.3 Å². The molecular formula is C19H22BrN3OS. The smallest absolute Gasteiger partial charge is 0.257 e. The summed E-state index contributed by atoms with van der Waals surface area (Å²) in [4.78, 5) is 14.5. The highest BCUT2D eigenvalue weighted by molar-refractivity contribution is 9.10. The number of hydrogen-bond acceptors (Lipinski definition) is 3. The Morgan fingerprint density at radius 2 is 1.64 bits per heavy atom. The molecule has 1 amide bonds. The van der Waals surface area contributed by atoms with E-state index in [1.165, 1.54) is 5.56 Å². The molecular weight excluding hydrogens is 398 g/mol. The molecule has 2 N–H and O–H groups in total. The predicted molar refractivity (Wildman–Crippen MR) is 111 cm³/mol. The van der Waals surface area contributed by atoms with Gasteiger partial charge in [-0.15, -0.1) is 0 Å². The quantitative estimate of drug-likeness (QED) is 0.680. The molecule has 0 spiro atoms. The number of anilines is 1. The van der Waals surface area contributed by atoms with Crippen LogP contribution in [0.25, 0.3) is 0 Å². The molecule has 2 rings (SSSR count). The zero-order valence-corrected chi connectivity index (χ0v) is 16.8. The first-order valence-corrected chi connectivity index (χ1v) is 9.41. The Balaban J connectivity index is 1.89. The molecule has 0 radical (unpaired) electrons. The first kappa shape index (κ1) is 19.6. The number of nitrogens with one attached hydrogen (secondary N) is 2. The van der Waals surface area contributed by atoms with Gasteiger partial charge in [-0.3, -0.25) is 15.0 Å². The first-order valence-electron chi connectivity index (χ1n) is 8.21. The summed E-state index contributed by atoms with van der Waals surface area (Å²) in [7, 11) is 0. The van der Waals surface area contributed by atoms with Crippen LogP contribution in [-0.4, -0.2) is 29.0 Å². The summed E-state index contributed by atoms with van der Waals surface area (Å²) in [6.45, 7) is 7.31. The zero-order chi connectivity index (χ0) is 18.2. The molecule has 0 bridgehead atoms. The molecule has 0 aromatic heterocycles. The lowest BCUT2D eigenvalue weighted by atomic mass is 10.2. The van der Waals surface area contributed by atoms with E-state index in [2.05, 4.69) is 57.4 Å². The highest BCUT2D eigenvalue weighted by Gasteiger charge is 2.08. The second kappa shape index (κ2) is 9.65. The number of hydrogen-bond donors (Lipinski definition) is 2. The van der Waals surface area contributed by atoms with E-state index in [0.717, 1.165) is 29.8 Å². The molecule has 0 unspecified atom stereocenters. The van der Waals surface area contributed by atoms with Gasteiger partial charge in [0, 0.05) is 22.3 Å². The molecule has 0 saturated carbocycles. The van der Waals surface area contributed by atoms with E-state index in [-0.39, 0.29) is 11.0 Å². The van der Waals surface area contributed by atoms with Crippen molar-refractivity contribution < 1.29 is 4.79 Å². The standard InChI is InChI=1S/C19H22BrN3OS/c1-3-23(4-2)13-14-5-11-17(12-6-14)21-19(25)22-18(24)15-7-9-16(20)10-8-15/h5-12H,3-4,13H2,1-2H3,(H2,21,22,24,25). The van der Waals surface area contributed by atoms with Crippen LogP contribution < -0.4 is 10.6 Å². The number of amides is 1. The summed E-state index contributed by atoms with van der Waals surface area (Å²) >= 11 is 8.56. The second-order valence-corrected chi connectivity index (χ2v) is 6.90. The van der Waals surface area contributed by atoms with Crippen LogP contribution in [0.4, 0.5) is 5.69 Å². The van der Waals surface area contributed by atoms with Gasteiger partial charge in [0.15, 0.2) is 5.11 Å². The van der Waals surface area contributed by atoms with Crippen LogP contribution >= 0.6 is 28.1 Å². The van der Waals surface area contributed by atoms with Gasteiger partial charge in [0.25, 0.3) is 5.91 Å². The number of benzene rings is 2. The van der Waals surface area contributed by atoms with Crippen molar-refractivity contribution in [3.05, 3.63) is 64.1 Å². The fraction of sp³-hybridized carbons (Fsp3) is 0.263. The second-order valence-electron chi connectivity index (χ2n) is 5.57. The van der Waals surface area contributed by atoms with E-state index in [0.29, 0.717) is 5.56 Å². The third-order valence-electron chi connectivity index (χ3n) is 3.85. The Bertz CT molecular complexity index is 712. The lowest BCUT2D eigenvalue weighted by Gasteiger charge is -2.18. The molecule has 0 saturated heterocycles. The van der Waals surface area contributed by atoms with Gasteiger partial charge in [-0.2, -0.15) is 0 Å². The van der Waals surface area contributed by atoms with Crippen LogP contribution in [0.2, 0.25) is 0 Å².